The maximum absolute atomic E-state index is 12.8. The van der Waals surface area contributed by atoms with Gasteiger partial charge in [-0.2, -0.15) is 0 Å². The van der Waals surface area contributed by atoms with Crippen molar-refractivity contribution < 1.29 is 17.9 Å². The molecular weight excluding hydrogens is 356 g/mol. The lowest BCUT2D eigenvalue weighted by Gasteiger charge is -2.26. The van der Waals surface area contributed by atoms with E-state index in [0.29, 0.717) is 0 Å². The van der Waals surface area contributed by atoms with Gasteiger partial charge in [-0.15, -0.1) is 12.4 Å². The number of hydrogen-bond donors (Lipinski definition) is 4. The average molecular weight is 379 g/mol. The van der Waals surface area contributed by atoms with Crippen LogP contribution in [-0.4, -0.2) is 38.9 Å². The molecule has 0 aromatic heterocycles. The van der Waals surface area contributed by atoms with Crippen LogP contribution in [0.4, 0.5) is 0 Å². The van der Waals surface area contributed by atoms with Gasteiger partial charge in [0.2, 0.25) is 14.7 Å². The third kappa shape index (κ3) is 4.83. The van der Waals surface area contributed by atoms with E-state index < -0.39 is 20.7 Å². The first-order chi connectivity index (χ1) is 10.6. The molecule has 0 spiro atoms. The van der Waals surface area contributed by atoms with Crippen LogP contribution in [0.25, 0.3) is 0 Å². The summed E-state index contributed by atoms with van der Waals surface area (Å²) in [6.45, 7) is 2.04. The Kier molecular flexibility index (Phi) is 8.18. The van der Waals surface area contributed by atoms with Crippen molar-refractivity contribution in [2.24, 2.45) is 11.5 Å². The fourth-order valence-electron chi connectivity index (χ4n) is 2.02. The van der Waals surface area contributed by atoms with Crippen LogP contribution in [0.15, 0.2) is 29.2 Å². The summed E-state index contributed by atoms with van der Waals surface area (Å²) in [5, 5.41) is 9.58. The van der Waals surface area contributed by atoms with Gasteiger partial charge in [-0.3, -0.25) is 5.41 Å². The normalized spacial score (nSPS) is 13.3. The number of esters is 1. The standard InChI is InChI=1S/C14H22N4O4S.ClH/c1-10-4-6-11(7-5-10)23(20,21)14(17,12(19)22-2)8-3-9-18-13(15)16;/h4-7H,3,8-9,17H2,1-2H3,(H4,15,16,18);1H/t14-;/m1./s1. The van der Waals surface area contributed by atoms with Crippen LogP contribution in [0.5, 0.6) is 0 Å². The molecule has 1 aromatic carbocycles. The maximum Gasteiger partial charge on any atom is 0.342 e. The van der Waals surface area contributed by atoms with Crippen LogP contribution in [0.1, 0.15) is 18.4 Å². The van der Waals surface area contributed by atoms with Crippen LogP contribution in [0.3, 0.4) is 0 Å². The lowest BCUT2D eigenvalue weighted by molar-refractivity contribution is -0.143. The summed E-state index contributed by atoms with van der Waals surface area (Å²) in [5.74, 6) is -1.27. The Balaban J connectivity index is 0.00000529. The molecule has 0 aliphatic rings. The maximum atomic E-state index is 12.8. The molecule has 8 nitrogen and oxygen atoms in total. The molecule has 0 saturated heterocycles. The van der Waals surface area contributed by atoms with E-state index in [2.05, 4.69) is 10.1 Å². The topological polar surface area (TPSA) is 148 Å². The minimum absolute atomic E-state index is 0. The second-order valence-electron chi connectivity index (χ2n) is 5.14. The van der Waals surface area contributed by atoms with E-state index in [-0.39, 0.29) is 42.6 Å². The van der Waals surface area contributed by atoms with Crippen LogP contribution in [-0.2, 0) is 19.4 Å². The Morgan fingerprint density at radius 2 is 1.88 bits per heavy atom. The van der Waals surface area contributed by atoms with Crippen LogP contribution in [0, 0.1) is 12.3 Å². The highest BCUT2D eigenvalue weighted by Gasteiger charge is 2.48. The van der Waals surface area contributed by atoms with E-state index in [1.807, 2.05) is 6.92 Å². The van der Waals surface area contributed by atoms with Gasteiger partial charge in [-0.05, 0) is 31.9 Å². The highest BCUT2D eigenvalue weighted by Crippen LogP contribution is 2.27. The first kappa shape index (κ1) is 22.2. The third-order valence-corrected chi connectivity index (χ3v) is 5.60. The fourth-order valence-corrected chi connectivity index (χ4v) is 3.65. The predicted octanol–water partition coefficient (Wildman–Crippen LogP) is 0.282. The van der Waals surface area contributed by atoms with Crippen molar-refractivity contribution in [2.75, 3.05) is 13.7 Å². The molecule has 1 atom stereocenters. The minimum Gasteiger partial charge on any atom is -0.467 e. The van der Waals surface area contributed by atoms with E-state index in [0.717, 1.165) is 12.7 Å². The largest absolute Gasteiger partial charge is 0.467 e. The molecular formula is C14H23ClN4O4S. The van der Waals surface area contributed by atoms with Gasteiger partial charge >= 0.3 is 5.97 Å². The molecule has 0 amide bonds. The molecule has 0 saturated carbocycles. The Morgan fingerprint density at radius 3 is 2.33 bits per heavy atom. The van der Waals surface area contributed by atoms with Crippen LogP contribution < -0.4 is 16.8 Å². The number of methoxy groups -OCH3 is 1. The van der Waals surface area contributed by atoms with E-state index >= 15 is 0 Å². The summed E-state index contributed by atoms with van der Waals surface area (Å²) < 4.78 is 30.2. The molecule has 0 bridgehead atoms. The summed E-state index contributed by atoms with van der Waals surface area (Å²) in [7, 11) is -3.05. The Morgan fingerprint density at radius 1 is 1.33 bits per heavy atom. The zero-order chi connectivity index (χ0) is 17.7. The molecule has 0 heterocycles. The SMILES string of the molecule is COC(=O)[C@@](N)(CCCNC(=N)N)S(=O)(=O)c1ccc(C)cc1.Cl. The van der Waals surface area contributed by atoms with Crippen molar-refractivity contribution in [3.8, 4) is 0 Å². The predicted molar refractivity (Wildman–Crippen MR) is 93.7 cm³/mol. The zero-order valence-electron chi connectivity index (χ0n) is 13.5. The van der Waals surface area contributed by atoms with Crippen molar-refractivity contribution in [1.29, 1.82) is 5.41 Å². The number of carbonyl (C=O) groups excluding carboxylic acids is 1. The summed E-state index contributed by atoms with van der Waals surface area (Å²) in [6, 6.07) is 6.07. The molecule has 24 heavy (non-hydrogen) atoms. The molecule has 0 fully saturated rings. The molecule has 0 unspecified atom stereocenters. The lowest BCUT2D eigenvalue weighted by atomic mass is 10.1. The van der Waals surface area contributed by atoms with Gasteiger partial charge < -0.3 is 21.5 Å². The van der Waals surface area contributed by atoms with Gasteiger partial charge in [-0.25, -0.2) is 13.2 Å². The number of carbonyl (C=O) groups is 1. The quantitative estimate of drug-likeness (QED) is 0.230. The molecule has 1 rings (SSSR count). The number of rotatable bonds is 7. The second kappa shape index (κ2) is 8.86. The Bertz CT molecular complexity index is 679. The molecule has 1 aromatic rings. The highest BCUT2D eigenvalue weighted by molar-refractivity contribution is 7.93. The van der Waals surface area contributed by atoms with E-state index in [4.69, 9.17) is 16.9 Å². The number of sulfone groups is 1. The first-order valence-electron chi connectivity index (χ1n) is 6.91. The molecule has 0 radical (unpaired) electrons. The van der Waals surface area contributed by atoms with Crippen LogP contribution >= 0.6 is 12.4 Å². The number of nitrogens with two attached hydrogens (primary N) is 2. The summed E-state index contributed by atoms with van der Waals surface area (Å²) in [4.78, 5) is 9.79. The van der Waals surface area contributed by atoms with Gasteiger partial charge in [0, 0.05) is 6.54 Å². The van der Waals surface area contributed by atoms with E-state index in [1.165, 1.54) is 12.1 Å². The third-order valence-electron chi connectivity index (χ3n) is 3.38. The number of hydrogen-bond acceptors (Lipinski definition) is 6. The summed E-state index contributed by atoms with van der Waals surface area (Å²) >= 11 is 0. The number of benzene rings is 1. The number of halogens is 1. The van der Waals surface area contributed by atoms with E-state index in [1.54, 1.807) is 12.1 Å². The average Bonchev–Trinajstić information content (AvgIpc) is 2.50. The first-order valence-corrected chi connectivity index (χ1v) is 8.40. The smallest absolute Gasteiger partial charge is 0.342 e. The van der Waals surface area contributed by atoms with Crippen molar-refractivity contribution in [1.82, 2.24) is 5.32 Å². The summed E-state index contributed by atoms with van der Waals surface area (Å²) in [6.07, 6.45) is 0.0481. The number of aryl methyl sites for hydroxylation is 1. The zero-order valence-corrected chi connectivity index (χ0v) is 15.2. The molecule has 10 heteroatoms. The molecule has 0 aliphatic carbocycles. The summed E-state index contributed by atoms with van der Waals surface area (Å²) in [5.41, 5.74) is 12.0. The lowest BCUT2D eigenvalue weighted by Crippen LogP contribution is -2.55. The van der Waals surface area contributed by atoms with Crippen molar-refractivity contribution in [3.63, 3.8) is 0 Å². The molecule has 136 valence electrons. The Hall–Kier alpha value is -1.84. The van der Waals surface area contributed by atoms with Gasteiger partial charge in [-0.1, -0.05) is 17.7 Å². The monoisotopic (exact) mass is 378 g/mol. The minimum atomic E-state index is -4.14. The van der Waals surface area contributed by atoms with Gasteiger partial charge in [0.15, 0.2) is 5.96 Å². The van der Waals surface area contributed by atoms with Crippen molar-refractivity contribution in [2.45, 2.75) is 29.5 Å². The van der Waals surface area contributed by atoms with Crippen molar-refractivity contribution in [3.05, 3.63) is 29.8 Å². The molecule has 0 aliphatic heterocycles. The highest BCUT2D eigenvalue weighted by atomic mass is 35.5. The van der Waals surface area contributed by atoms with E-state index in [9.17, 15) is 13.2 Å². The van der Waals surface area contributed by atoms with Crippen molar-refractivity contribution >= 4 is 34.2 Å². The van der Waals surface area contributed by atoms with Gasteiger partial charge in [0.25, 0.3) is 0 Å². The van der Waals surface area contributed by atoms with Crippen LogP contribution in [0.2, 0.25) is 0 Å². The number of nitrogens with one attached hydrogen (secondary N) is 2. The van der Waals surface area contributed by atoms with Gasteiger partial charge in [0.1, 0.15) is 0 Å². The number of ether oxygens (including phenoxy) is 1. The fraction of sp³-hybridized carbons (Fsp3) is 0.429. The Labute approximate surface area is 147 Å². The second-order valence-corrected chi connectivity index (χ2v) is 7.35. The number of guanidine groups is 1. The van der Waals surface area contributed by atoms with Gasteiger partial charge in [0.05, 0.1) is 12.0 Å². The molecule has 6 N–H and O–H groups in total.